The summed E-state index contributed by atoms with van der Waals surface area (Å²) in [6, 6.07) is 13.1. The Balaban J connectivity index is 1.98. The second-order valence-corrected chi connectivity index (χ2v) is 3.96. The van der Waals surface area contributed by atoms with Crippen LogP contribution < -0.4 is 5.32 Å². The number of pyridine rings is 1. The second-order valence-electron chi connectivity index (χ2n) is 3.52. The van der Waals surface area contributed by atoms with Crippen molar-refractivity contribution in [2.45, 2.75) is 6.54 Å². The maximum absolute atomic E-state index is 8.62. The van der Waals surface area contributed by atoms with E-state index in [2.05, 4.69) is 10.3 Å². The first-order valence-electron chi connectivity index (χ1n) is 5.12. The van der Waals surface area contributed by atoms with Gasteiger partial charge in [-0.3, -0.25) is 0 Å². The topological polar surface area (TPSA) is 48.7 Å². The molecule has 4 heteroatoms. The molecule has 0 fully saturated rings. The summed E-state index contributed by atoms with van der Waals surface area (Å²) in [5.41, 5.74) is 2.44. The number of rotatable bonds is 3. The Morgan fingerprint density at radius 1 is 1.18 bits per heavy atom. The molecule has 0 radical (unpaired) electrons. The van der Waals surface area contributed by atoms with Crippen LogP contribution in [-0.2, 0) is 6.54 Å². The lowest BCUT2D eigenvalue weighted by atomic mass is 10.2. The van der Waals surface area contributed by atoms with Gasteiger partial charge in [-0.05, 0) is 29.8 Å². The number of aromatic nitrogens is 1. The van der Waals surface area contributed by atoms with Crippen molar-refractivity contribution in [1.82, 2.24) is 4.98 Å². The Morgan fingerprint density at radius 3 is 2.53 bits per heavy atom. The maximum atomic E-state index is 8.62. The average molecular weight is 244 g/mol. The molecule has 0 aliphatic rings. The van der Waals surface area contributed by atoms with Crippen LogP contribution in [0.4, 0.5) is 5.69 Å². The molecule has 3 nitrogen and oxygen atoms in total. The minimum atomic E-state index is 0.419. The predicted molar refractivity (Wildman–Crippen MR) is 67.7 cm³/mol. The van der Waals surface area contributed by atoms with Crippen LogP contribution in [0.1, 0.15) is 11.3 Å². The summed E-state index contributed by atoms with van der Waals surface area (Å²) in [6.07, 6.45) is 1.65. The van der Waals surface area contributed by atoms with Gasteiger partial charge in [0.15, 0.2) is 0 Å². The Kier molecular flexibility index (Phi) is 3.59. The van der Waals surface area contributed by atoms with Crippen LogP contribution in [0.2, 0.25) is 5.02 Å². The van der Waals surface area contributed by atoms with Crippen molar-refractivity contribution < 1.29 is 0 Å². The SMILES string of the molecule is N#Cc1ccc(NCc2ccc(Cl)cc2)cn1. The number of benzene rings is 1. The van der Waals surface area contributed by atoms with Crippen molar-refractivity contribution in [3.63, 3.8) is 0 Å². The molecule has 0 bridgehead atoms. The summed E-state index contributed by atoms with van der Waals surface area (Å²) in [4.78, 5) is 3.98. The zero-order valence-electron chi connectivity index (χ0n) is 9.02. The van der Waals surface area contributed by atoms with Gasteiger partial charge in [0.25, 0.3) is 0 Å². The highest BCUT2D eigenvalue weighted by atomic mass is 35.5. The monoisotopic (exact) mass is 243 g/mol. The third-order valence-electron chi connectivity index (χ3n) is 2.29. The van der Waals surface area contributed by atoms with Crippen molar-refractivity contribution in [3.8, 4) is 6.07 Å². The van der Waals surface area contributed by atoms with Crippen molar-refractivity contribution >= 4 is 17.3 Å². The molecule has 1 heterocycles. The molecule has 0 atom stereocenters. The molecule has 0 unspecified atom stereocenters. The Bertz CT molecular complexity index is 526. The smallest absolute Gasteiger partial charge is 0.140 e. The predicted octanol–water partition coefficient (Wildman–Crippen LogP) is 3.22. The van der Waals surface area contributed by atoms with Gasteiger partial charge in [-0.2, -0.15) is 5.26 Å². The molecular formula is C13H10ClN3. The van der Waals surface area contributed by atoms with Crippen LogP contribution >= 0.6 is 11.6 Å². The third-order valence-corrected chi connectivity index (χ3v) is 2.54. The van der Waals surface area contributed by atoms with E-state index in [4.69, 9.17) is 16.9 Å². The number of nitrogens with zero attached hydrogens (tertiary/aromatic N) is 2. The lowest BCUT2D eigenvalue weighted by Crippen LogP contribution is -1.99. The first-order valence-corrected chi connectivity index (χ1v) is 5.50. The fourth-order valence-electron chi connectivity index (χ4n) is 1.37. The first-order chi connectivity index (χ1) is 8.28. The zero-order chi connectivity index (χ0) is 12.1. The molecule has 1 aromatic heterocycles. The van der Waals surface area contributed by atoms with Gasteiger partial charge in [0.1, 0.15) is 11.8 Å². The van der Waals surface area contributed by atoms with Crippen LogP contribution in [0.5, 0.6) is 0 Å². The third kappa shape index (κ3) is 3.20. The minimum Gasteiger partial charge on any atom is -0.380 e. The molecule has 0 spiro atoms. The Labute approximate surface area is 105 Å². The molecule has 0 saturated carbocycles. The number of hydrogen-bond donors (Lipinski definition) is 1. The van der Waals surface area contributed by atoms with E-state index in [1.807, 2.05) is 36.4 Å². The van der Waals surface area contributed by atoms with Crippen molar-refractivity contribution in [3.05, 3.63) is 58.9 Å². The van der Waals surface area contributed by atoms with Crippen molar-refractivity contribution in [2.75, 3.05) is 5.32 Å². The summed E-state index contributed by atoms with van der Waals surface area (Å²) in [5.74, 6) is 0. The van der Waals surface area contributed by atoms with Gasteiger partial charge in [0.05, 0.1) is 11.9 Å². The summed E-state index contributed by atoms with van der Waals surface area (Å²) < 4.78 is 0. The summed E-state index contributed by atoms with van der Waals surface area (Å²) >= 11 is 5.80. The minimum absolute atomic E-state index is 0.419. The molecular weight excluding hydrogens is 234 g/mol. The molecule has 2 rings (SSSR count). The first kappa shape index (κ1) is 11.4. The molecule has 1 aromatic carbocycles. The number of nitrogens with one attached hydrogen (secondary N) is 1. The summed E-state index contributed by atoms with van der Waals surface area (Å²) in [7, 11) is 0. The summed E-state index contributed by atoms with van der Waals surface area (Å²) in [5, 5.41) is 12.6. The standard InChI is InChI=1S/C13H10ClN3/c14-11-3-1-10(2-4-11)8-16-13-6-5-12(7-15)17-9-13/h1-6,9,16H,8H2. The lowest BCUT2D eigenvalue weighted by Gasteiger charge is -2.05. The fourth-order valence-corrected chi connectivity index (χ4v) is 1.50. The van der Waals surface area contributed by atoms with Gasteiger partial charge >= 0.3 is 0 Å². The number of anilines is 1. The van der Waals surface area contributed by atoms with E-state index in [1.54, 1.807) is 12.3 Å². The lowest BCUT2D eigenvalue weighted by molar-refractivity contribution is 1.13. The average Bonchev–Trinajstić information content (AvgIpc) is 2.39. The van der Waals surface area contributed by atoms with E-state index in [0.717, 1.165) is 16.3 Å². The molecule has 84 valence electrons. The largest absolute Gasteiger partial charge is 0.380 e. The molecule has 0 amide bonds. The molecule has 0 aliphatic carbocycles. The second kappa shape index (κ2) is 5.33. The van der Waals surface area contributed by atoms with Crippen LogP contribution in [-0.4, -0.2) is 4.98 Å². The van der Waals surface area contributed by atoms with Gasteiger partial charge < -0.3 is 5.32 Å². The van der Waals surface area contributed by atoms with Crippen LogP contribution in [0.3, 0.4) is 0 Å². The molecule has 0 aliphatic heterocycles. The molecule has 17 heavy (non-hydrogen) atoms. The highest BCUT2D eigenvalue weighted by Crippen LogP contribution is 2.12. The normalized spacial score (nSPS) is 9.65. The molecule has 2 aromatic rings. The van der Waals surface area contributed by atoms with E-state index in [9.17, 15) is 0 Å². The highest BCUT2D eigenvalue weighted by Gasteiger charge is 1.96. The van der Waals surface area contributed by atoms with Crippen molar-refractivity contribution in [1.29, 1.82) is 5.26 Å². The van der Waals surface area contributed by atoms with Crippen LogP contribution in [0.25, 0.3) is 0 Å². The van der Waals surface area contributed by atoms with Crippen molar-refractivity contribution in [2.24, 2.45) is 0 Å². The van der Waals surface area contributed by atoms with Crippen LogP contribution in [0.15, 0.2) is 42.6 Å². The van der Waals surface area contributed by atoms with E-state index in [0.29, 0.717) is 12.2 Å². The van der Waals surface area contributed by atoms with E-state index in [1.165, 1.54) is 0 Å². The van der Waals surface area contributed by atoms with E-state index < -0.39 is 0 Å². The van der Waals surface area contributed by atoms with Gasteiger partial charge in [0.2, 0.25) is 0 Å². The fraction of sp³-hybridized carbons (Fsp3) is 0.0769. The quantitative estimate of drug-likeness (QED) is 0.901. The summed E-state index contributed by atoms with van der Waals surface area (Å²) in [6.45, 7) is 0.699. The van der Waals surface area contributed by atoms with E-state index in [-0.39, 0.29) is 0 Å². The van der Waals surface area contributed by atoms with Gasteiger partial charge in [-0.15, -0.1) is 0 Å². The van der Waals surface area contributed by atoms with Gasteiger partial charge in [-0.25, -0.2) is 4.98 Å². The van der Waals surface area contributed by atoms with Gasteiger partial charge in [-0.1, -0.05) is 23.7 Å². The molecule has 0 saturated heterocycles. The Morgan fingerprint density at radius 2 is 1.94 bits per heavy atom. The number of halogens is 1. The highest BCUT2D eigenvalue weighted by molar-refractivity contribution is 6.30. The van der Waals surface area contributed by atoms with Gasteiger partial charge in [0, 0.05) is 11.6 Å². The number of nitriles is 1. The zero-order valence-corrected chi connectivity index (χ0v) is 9.78. The Hall–Kier alpha value is -2.05. The van der Waals surface area contributed by atoms with Crippen LogP contribution in [0, 0.1) is 11.3 Å². The van der Waals surface area contributed by atoms with E-state index >= 15 is 0 Å². The maximum Gasteiger partial charge on any atom is 0.140 e. The number of hydrogen-bond acceptors (Lipinski definition) is 3. The molecule has 1 N–H and O–H groups in total.